The molecule has 0 amide bonds. The maximum Gasteiger partial charge on any atom is 0.312 e. The molecule has 1 aromatic carbocycles. The van der Waals surface area contributed by atoms with Crippen molar-refractivity contribution >= 4 is 41.3 Å². The summed E-state index contributed by atoms with van der Waals surface area (Å²) in [7, 11) is 0. The van der Waals surface area contributed by atoms with E-state index in [4.69, 9.17) is 5.73 Å². The van der Waals surface area contributed by atoms with Crippen molar-refractivity contribution in [2.75, 3.05) is 25.3 Å². The lowest BCUT2D eigenvalue weighted by atomic mass is 10.00. The van der Waals surface area contributed by atoms with Gasteiger partial charge in [-0.1, -0.05) is 0 Å². The molecule has 100 valence electrons. The van der Waals surface area contributed by atoms with Gasteiger partial charge in [0, 0.05) is 21.2 Å². The lowest BCUT2D eigenvalue weighted by Gasteiger charge is -2.16. The Morgan fingerprint density at radius 2 is 1.72 bits per heavy atom. The molecule has 1 rings (SSSR count). The Bertz CT molecular complexity index is 412. The van der Waals surface area contributed by atoms with Gasteiger partial charge >= 0.3 is 5.97 Å². The van der Waals surface area contributed by atoms with Crippen LogP contribution in [-0.4, -0.2) is 36.4 Å². The summed E-state index contributed by atoms with van der Waals surface area (Å²) in [4.78, 5) is 14.6. The maximum absolute atomic E-state index is 11.2. The third-order valence-corrected chi connectivity index (χ3v) is 5.25. The molecule has 3 N–H and O–H groups in total. The summed E-state index contributed by atoms with van der Waals surface area (Å²) in [6.07, 6.45) is 6.04. The van der Waals surface area contributed by atoms with E-state index in [1.54, 1.807) is 35.3 Å². The molecule has 1 aromatic rings. The van der Waals surface area contributed by atoms with Crippen LogP contribution < -0.4 is 5.73 Å². The van der Waals surface area contributed by atoms with Crippen molar-refractivity contribution in [3.8, 4) is 0 Å². The first-order valence-corrected chi connectivity index (χ1v) is 8.99. The predicted octanol–water partition coefficient (Wildman–Crippen LogP) is 2.98. The van der Waals surface area contributed by atoms with Crippen molar-refractivity contribution < 1.29 is 9.90 Å². The van der Waals surface area contributed by atoms with E-state index in [2.05, 4.69) is 0 Å². The summed E-state index contributed by atoms with van der Waals surface area (Å²) >= 11 is 4.96. The fourth-order valence-electron chi connectivity index (χ4n) is 1.68. The van der Waals surface area contributed by atoms with Crippen molar-refractivity contribution in [3.63, 3.8) is 0 Å². The minimum Gasteiger partial charge on any atom is -0.481 e. The Morgan fingerprint density at radius 1 is 1.22 bits per heavy atom. The third kappa shape index (κ3) is 3.38. The van der Waals surface area contributed by atoms with Crippen LogP contribution in [-0.2, 0) is 4.79 Å². The highest BCUT2D eigenvalue weighted by molar-refractivity contribution is 8.03. The number of carboxylic acids is 1. The van der Waals surface area contributed by atoms with Crippen LogP contribution in [0.3, 0.4) is 0 Å². The van der Waals surface area contributed by atoms with Crippen molar-refractivity contribution in [1.82, 2.24) is 0 Å². The molecule has 0 aromatic heterocycles. The van der Waals surface area contributed by atoms with Crippen LogP contribution in [0.4, 0.5) is 0 Å². The highest BCUT2D eigenvalue weighted by atomic mass is 32.2. The number of hydrogen-bond acceptors (Lipinski definition) is 5. The molecule has 3 nitrogen and oxygen atoms in total. The van der Waals surface area contributed by atoms with Crippen molar-refractivity contribution in [2.24, 2.45) is 5.73 Å². The molecule has 0 radical (unpaired) electrons. The molecular formula is C12H17NO2S3. The highest BCUT2D eigenvalue weighted by Gasteiger charge is 2.20. The fourth-order valence-corrected chi connectivity index (χ4v) is 4.37. The second-order valence-electron chi connectivity index (χ2n) is 3.59. The van der Waals surface area contributed by atoms with Crippen LogP contribution in [0.15, 0.2) is 26.8 Å². The quantitative estimate of drug-likeness (QED) is 0.788. The molecule has 0 bridgehead atoms. The van der Waals surface area contributed by atoms with Gasteiger partial charge in [-0.25, -0.2) is 0 Å². The van der Waals surface area contributed by atoms with Crippen LogP contribution in [0, 0.1) is 0 Å². The zero-order valence-corrected chi connectivity index (χ0v) is 13.0. The summed E-state index contributed by atoms with van der Waals surface area (Å²) in [6, 6.07) is 3.89. The molecule has 0 spiro atoms. The summed E-state index contributed by atoms with van der Waals surface area (Å²) in [5.41, 5.74) is 6.35. The number of aliphatic carboxylic acids is 1. The number of thioether (sulfide) groups is 3. The highest BCUT2D eigenvalue weighted by Crippen LogP contribution is 2.38. The van der Waals surface area contributed by atoms with Gasteiger partial charge in [0.1, 0.15) is 0 Å². The van der Waals surface area contributed by atoms with Gasteiger partial charge in [0.2, 0.25) is 0 Å². The molecular weight excluding hydrogens is 286 g/mol. The topological polar surface area (TPSA) is 63.3 Å². The minimum atomic E-state index is -0.867. The van der Waals surface area contributed by atoms with Gasteiger partial charge in [-0.05, 0) is 36.5 Å². The Morgan fingerprint density at radius 3 is 2.00 bits per heavy atom. The van der Waals surface area contributed by atoms with E-state index in [-0.39, 0.29) is 6.54 Å². The van der Waals surface area contributed by atoms with Gasteiger partial charge in [0.05, 0.1) is 5.92 Å². The number of hydrogen-bond donors (Lipinski definition) is 2. The first-order chi connectivity index (χ1) is 8.58. The van der Waals surface area contributed by atoms with Gasteiger partial charge in [0.25, 0.3) is 0 Å². The zero-order chi connectivity index (χ0) is 13.7. The fraction of sp³-hybridized carbons (Fsp3) is 0.417. The molecule has 0 aliphatic rings. The maximum atomic E-state index is 11.2. The second kappa shape index (κ2) is 7.33. The summed E-state index contributed by atoms with van der Waals surface area (Å²) in [5, 5.41) is 9.18. The van der Waals surface area contributed by atoms with E-state index in [1.165, 1.54) is 4.90 Å². The monoisotopic (exact) mass is 303 g/mol. The zero-order valence-electron chi connectivity index (χ0n) is 10.6. The number of carboxylic acid groups (broad SMARTS) is 1. The lowest BCUT2D eigenvalue weighted by Crippen LogP contribution is -2.21. The van der Waals surface area contributed by atoms with Crippen LogP contribution >= 0.6 is 35.3 Å². The molecule has 18 heavy (non-hydrogen) atoms. The van der Waals surface area contributed by atoms with E-state index < -0.39 is 11.9 Å². The van der Waals surface area contributed by atoms with Gasteiger partial charge in [-0.3, -0.25) is 4.79 Å². The predicted molar refractivity (Wildman–Crippen MR) is 81.2 cm³/mol. The lowest BCUT2D eigenvalue weighted by molar-refractivity contribution is -0.138. The summed E-state index contributed by atoms with van der Waals surface area (Å²) < 4.78 is 0. The number of carbonyl (C=O) groups is 1. The molecule has 1 unspecified atom stereocenters. The van der Waals surface area contributed by atoms with Crippen molar-refractivity contribution in [1.29, 1.82) is 0 Å². The molecule has 0 heterocycles. The number of rotatable bonds is 6. The van der Waals surface area contributed by atoms with Gasteiger partial charge in [0.15, 0.2) is 0 Å². The molecule has 0 saturated carbocycles. The van der Waals surface area contributed by atoms with Crippen molar-refractivity contribution in [2.45, 2.75) is 20.6 Å². The second-order valence-corrected chi connectivity index (χ2v) is 6.10. The summed E-state index contributed by atoms with van der Waals surface area (Å²) in [5.74, 6) is -1.49. The van der Waals surface area contributed by atoms with Crippen LogP contribution in [0.1, 0.15) is 11.5 Å². The van der Waals surface area contributed by atoms with E-state index in [1.807, 2.05) is 30.9 Å². The standard InChI is InChI=1S/C12H17NO2S3/c1-16-9-4-7(8(6-13)12(14)15)5-10(17-2)11(9)18-3/h4-5,8H,6,13H2,1-3H3,(H,14,15). The molecule has 0 fully saturated rings. The minimum absolute atomic E-state index is 0.121. The largest absolute Gasteiger partial charge is 0.481 e. The average molecular weight is 303 g/mol. The Kier molecular flexibility index (Phi) is 6.42. The first kappa shape index (κ1) is 15.8. The SMILES string of the molecule is CSc1cc(C(CN)C(=O)O)cc(SC)c1SC. The van der Waals surface area contributed by atoms with Gasteiger partial charge in [-0.2, -0.15) is 0 Å². The Balaban J connectivity index is 3.34. The smallest absolute Gasteiger partial charge is 0.312 e. The van der Waals surface area contributed by atoms with Crippen LogP contribution in [0.5, 0.6) is 0 Å². The van der Waals surface area contributed by atoms with Crippen LogP contribution in [0.25, 0.3) is 0 Å². The molecule has 6 heteroatoms. The average Bonchev–Trinajstić information content (AvgIpc) is 2.37. The number of nitrogens with two attached hydrogens (primary N) is 1. The molecule has 0 aliphatic heterocycles. The number of benzene rings is 1. The van der Waals surface area contributed by atoms with E-state index in [9.17, 15) is 9.90 Å². The normalized spacial score (nSPS) is 12.4. The third-order valence-electron chi connectivity index (χ3n) is 2.62. The molecule has 1 atom stereocenters. The van der Waals surface area contributed by atoms with E-state index in [0.717, 1.165) is 15.4 Å². The Labute approximate surface area is 120 Å². The first-order valence-electron chi connectivity index (χ1n) is 5.31. The van der Waals surface area contributed by atoms with E-state index >= 15 is 0 Å². The van der Waals surface area contributed by atoms with E-state index in [0.29, 0.717) is 0 Å². The Hall–Kier alpha value is -0.300. The van der Waals surface area contributed by atoms with Crippen LogP contribution in [0.2, 0.25) is 0 Å². The molecule has 0 saturated heterocycles. The summed E-state index contributed by atoms with van der Waals surface area (Å²) in [6.45, 7) is 0.121. The van der Waals surface area contributed by atoms with Crippen molar-refractivity contribution in [3.05, 3.63) is 17.7 Å². The molecule has 0 aliphatic carbocycles. The van der Waals surface area contributed by atoms with Gasteiger partial charge in [-0.15, -0.1) is 35.3 Å². The van der Waals surface area contributed by atoms with Gasteiger partial charge < -0.3 is 10.8 Å².